The van der Waals surface area contributed by atoms with E-state index >= 15 is 0 Å². The minimum atomic E-state index is -3.94. The zero-order chi connectivity index (χ0) is 22.5. The maximum atomic E-state index is 12.4. The third kappa shape index (κ3) is 5.48. The number of benzene rings is 2. The summed E-state index contributed by atoms with van der Waals surface area (Å²) in [4.78, 5) is 29.4. The fourth-order valence-electron chi connectivity index (χ4n) is 2.32. The number of hydroxylamine groups is 1. The van der Waals surface area contributed by atoms with Crippen molar-refractivity contribution < 1.29 is 32.3 Å². The van der Waals surface area contributed by atoms with E-state index in [1.165, 1.54) is 52.5 Å². The van der Waals surface area contributed by atoms with Gasteiger partial charge in [0.2, 0.25) is 0 Å². The molecular weight excluding hydrogens is 436 g/mol. The Morgan fingerprint density at radius 2 is 1.83 bits per heavy atom. The number of nitrogens with zero attached hydrogens (tertiary/aromatic N) is 1. The first kappa shape index (κ1) is 23.6. The van der Waals surface area contributed by atoms with Crippen LogP contribution in [0.4, 0.5) is 5.69 Å². The van der Waals surface area contributed by atoms with Crippen LogP contribution in [0.2, 0.25) is 5.02 Å². The summed E-state index contributed by atoms with van der Waals surface area (Å²) in [5.74, 6) is -1.11. The lowest BCUT2D eigenvalue weighted by atomic mass is 10.2. The number of halogens is 1. The van der Waals surface area contributed by atoms with E-state index < -0.39 is 28.0 Å². The van der Waals surface area contributed by atoms with Crippen molar-refractivity contribution >= 4 is 39.2 Å². The van der Waals surface area contributed by atoms with Crippen molar-refractivity contribution in [3.8, 4) is 5.75 Å². The fraction of sp³-hybridized carbons (Fsp3) is 0.263. The fourth-order valence-corrected chi connectivity index (χ4v) is 3.52. The Kier molecular flexibility index (Phi) is 7.79. The van der Waals surface area contributed by atoms with Gasteiger partial charge in [0, 0.05) is 12.1 Å². The lowest BCUT2D eigenvalue weighted by Gasteiger charge is -2.16. The first-order chi connectivity index (χ1) is 14.1. The molecule has 1 unspecified atom stereocenters. The third-order valence-corrected chi connectivity index (χ3v) is 5.95. The van der Waals surface area contributed by atoms with Gasteiger partial charge in [-0.2, -0.15) is 0 Å². The number of amides is 1. The topological polar surface area (TPSA) is 111 Å². The van der Waals surface area contributed by atoms with Gasteiger partial charge in [-0.1, -0.05) is 22.1 Å². The molecule has 1 N–H and O–H groups in total. The molecule has 2 aromatic carbocycles. The Hall–Kier alpha value is -2.66. The van der Waals surface area contributed by atoms with E-state index in [4.69, 9.17) is 25.9 Å². The first-order valence-electron chi connectivity index (χ1n) is 8.58. The number of anilines is 1. The molecule has 0 radical (unpaired) electrons. The maximum absolute atomic E-state index is 12.4. The van der Waals surface area contributed by atoms with Crippen molar-refractivity contribution in [2.24, 2.45) is 0 Å². The summed E-state index contributed by atoms with van der Waals surface area (Å²) < 4.78 is 35.6. The Balaban J connectivity index is 2.13. The average molecular weight is 457 g/mol. The lowest BCUT2D eigenvalue weighted by molar-refractivity contribution is -0.123. The Morgan fingerprint density at radius 3 is 2.47 bits per heavy atom. The molecule has 0 aliphatic carbocycles. The minimum Gasteiger partial charge on any atom is -0.495 e. The monoisotopic (exact) mass is 456 g/mol. The van der Waals surface area contributed by atoms with Crippen molar-refractivity contribution in [3.05, 3.63) is 53.1 Å². The summed E-state index contributed by atoms with van der Waals surface area (Å²) in [6.07, 6.45) is -1.18. The number of methoxy groups -OCH3 is 1. The molecule has 0 aliphatic rings. The number of hydrogen-bond donors (Lipinski definition) is 1. The van der Waals surface area contributed by atoms with Crippen LogP contribution < -0.4 is 10.1 Å². The molecule has 1 amide bonds. The summed E-state index contributed by atoms with van der Waals surface area (Å²) in [7, 11) is -0.0914. The predicted molar refractivity (Wildman–Crippen MR) is 110 cm³/mol. The molecule has 0 fully saturated rings. The van der Waals surface area contributed by atoms with Gasteiger partial charge in [0.25, 0.3) is 15.9 Å². The van der Waals surface area contributed by atoms with E-state index in [2.05, 4.69) is 5.32 Å². The number of esters is 1. The minimum absolute atomic E-state index is 0.0411. The van der Waals surface area contributed by atoms with Crippen molar-refractivity contribution in [1.82, 2.24) is 4.47 Å². The summed E-state index contributed by atoms with van der Waals surface area (Å²) in [5.41, 5.74) is 0.272. The second-order valence-electron chi connectivity index (χ2n) is 6.01. The van der Waals surface area contributed by atoms with E-state index in [1.54, 1.807) is 12.1 Å². The van der Waals surface area contributed by atoms with Gasteiger partial charge in [0.15, 0.2) is 6.10 Å². The van der Waals surface area contributed by atoms with Gasteiger partial charge < -0.3 is 14.8 Å². The highest BCUT2D eigenvalue weighted by atomic mass is 35.5. The van der Waals surface area contributed by atoms with Crippen LogP contribution in [0.5, 0.6) is 5.75 Å². The highest BCUT2D eigenvalue weighted by molar-refractivity contribution is 7.89. The van der Waals surface area contributed by atoms with Crippen LogP contribution >= 0.6 is 11.6 Å². The van der Waals surface area contributed by atoms with Gasteiger partial charge in [0.1, 0.15) is 5.75 Å². The first-order valence-corrected chi connectivity index (χ1v) is 10.4. The van der Waals surface area contributed by atoms with Gasteiger partial charge in [-0.3, -0.25) is 9.63 Å². The number of carbonyl (C=O) groups excluding carboxylic acids is 2. The van der Waals surface area contributed by atoms with E-state index in [9.17, 15) is 18.0 Å². The highest BCUT2D eigenvalue weighted by Gasteiger charge is 2.24. The Labute approximate surface area is 179 Å². The van der Waals surface area contributed by atoms with E-state index in [0.717, 1.165) is 6.07 Å². The zero-order valence-corrected chi connectivity index (χ0v) is 18.3. The SMILES string of the molecule is COc1ccc(Cl)cc1NC(=O)C(C)OC(=O)c1cccc(S(=O)(=O)N(C)OC)c1. The van der Waals surface area contributed by atoms with Crippen LogP contribution in [0.25, 0.3) is 0 Å². The molecule has 162 valence electrons. The van der Waals surface area contributed by atoms with E-state index in [-0.39, 0.29) is 10.5 Å². The van der Waals surface area contributed by atoms with Gasteiger partial charge in [-0.05, 0) is 43.3 Å². The second kappa shape index (κ2) is 9.90. The molecule has 0 aromatic heterocycles. The molecular formula is C19H21ClN2O7S. The van der Waals surface area contributed by atoms with Crippen LogP contribution in [0.3, 0.4) is 0 Å². The lowest BCUT2D eigenvalue weighted by Crippen LogP contribution is -2.30. The molecule has 0 spiro atoms. The van der Waals surface area contributed by atoms with Gasteiger partial charge in [0.05, 0.1) is 30.4 Å². The Morgan fingerprint density at radius 1 is 1.13 bits per heavy atom. The molecule has 30 heavy (non-hydrogen) atoms. The number of carbonyl (C=O) groups is 2. The van der Waals surface area contributed by atoms with Crippen molar-refractivity contribution in [3.63, 3.8) is 0 Å². The van der Waals surface area contributed by atoms with Crippen LogP contribution in [-0.4, -0.2) is 52.1 Å². The molecule has 0 saturated carbocycles. The highest BCUT2D eigenvalue weighted by Crippen LogP contribution is 2.28. The van der Waals surface area contributed by atoms with E-state index in [0.29, 0.717) is 20.9 Å². The number of hydrogen-bond acceptors (Lipinski definition) is 7. The summed E-state index contributed by atoms with van der Waals surface area (Å²) in [6.45, 7) is 1.38. The maximum Gasteiger partial charge on any atom is 0.338 e. The van der Waals surface area contributed by atoms with Gasteiger partial charge in [-0.15, -0.1) is 0 Å². The van der Waals surface area contributed by atoms with Crippen LogP contribution in [0.1, 0.15) is 17.3 Å². The number of rotatable bonds is 8. The molecule has 2 aromatic rings. The number of nitrogens with one attached hydrogen (secondary N) is 1. The summed E-state index contributed by atoms with van der Waals surface area (Å²) in [5, 5.41) is 2.96. The molecule has 0 saturated heterocycles. The zero-order valence-electron chi connectivity index (χ0n) is 16.7. The molecule has 1 atom stereocenters. The normalized spacial score (nSPS) is 12.3. The largest absolute Gasteiger partial charge is 0.495 e. The quantitative estimate of drug-likeness (QED) is 0.480. The van der Waals surface area contributed by atoms with Gasteiger partial charge >= 0.3 is 5.97 Å². The van der Waals surface area contributed by atoms with Crippen molar-refractivity contribution in [1.29, 1.82) is 0 Å². The predicted octanol–water partition coefficient (Wildman–Crippen LogP) is 2.71. The van der Waals surface area contributed by atoms with Crippen molar-refractivity contribution in [2.75, 3.05) is 26.6 Å². The smallest absolute Gasteiger partial charge is 0.338 e. The number of sulfonamides is 1. The summed E-state index contributed by atoms with van der Waals surface area (Å²) in [6, 6.07) is 9.88. The standard InChI is InChI=1S/C19H21ClN2O7S/c1-12(18(23)21-16-11-14(20)8-9-17(16)27-3)29-19(24)13-6-5-7-15(10-13)30(25,26)22(2)28-4/h5-12H,1-4H3,(H,21,23). The van der Waals surface area contributed by atoms with Crippen LogP contribution in [0.15, 0.2) is 47.4 Å². The molecule has 0 aliphatic heterocycles. The molecule has 2 rings (SSSR count). The molecule has 0 bridgehead atoms. The van der Waals surface area contributed by atoms with Crippen LogP contribution in [-0.2, 0) is 24.4 Å². The third-order valence-electron chi connectivity index (χ3n) is 4.04. The molecule has 11 heteroatoms. The van der Waals surface area contributed by atoms with E-state index in [1.807, 2.05) is 0 Å². The second-order valence-corrected chi connectivity index (χ2v) is 8.38. The molecule has 0 heterocycles. The van der Waals surface area contributed by atoms with Crippen LogP contribution in [0, 0.1) is 0 Å². The number of ether oxygens (including phenoxy) is 2. The van der Waals surface area contributed by atoms with Gasteiger partial charge in [-0.25, -0.2) is 13.2 Å². The Bertz CT molecular complexity index is 1040. The van der Waals surface area contributed by atoms with Crippen molar-refractivity contribution in [2.45, 2.75) is 17.9 Å². The average Bonchev–Trinajstić information content (AvgIpc) is 2.73. The molecule has 9 nitrogen and oxygen atoms in total. The summed E-state index contributed by atoms with van der Waals surface area (Å²) >= 11 is 5.93.